The lowest BCUT2D eigenvalue weighted by atomic mass is 9.91. The van der Waals surface area contributed by atoms with Gasteiger partial charge in [-0.3, -0.25) is 0 Å². The lowest BCUT2D eigenvalue weighted by Crippen LogP contribution is -2.13. The first-order valence-electron chi connectivity index (χ1n) is 23.9. The van der Waals surface area contributed by atoms with Crippen LogP contribution in [-0.4, -0.2) is 0 Å². The SMILES string of the molecule is N#Cc1ccccc1N(c1cc(-c2ccccc2F)cc(-c2ccccc2F)c1)c1ccc2ccc3c(N(c4cc(-c5ccccc5F)cc(-c5ccccc5F)c4)c4ccccc4C#N)ccc4ccc1c2c43. The van der Waals surface area contributed by atoms with Gasteiger partial charge < -0.3 is 9.80 Å². The van der Waals surface area contributed by atoms with E-state index in [2.05, 4.69) is 36.4 Å². The van der Waals surface area contributed by atoms with Crippen LogP contribution in [0.1, 0.15) is 11.1 Å². The van der Waals surface area contributed by atoms with Crippen molar-refractivity contribution in [2.45, 2.75) is 0 Å². The Balaban J connectivity index is 1.14. The Labute approximate surface area is 424 Å². The van der Waals surface area contributed by atoms with Gasteiger partial charge in [0.05, 0.1) is 33.9 Å². The van der Waals surface area contributed by atoms with Crippen LogP contribution in [0.3, 0.4) is 0 Å². The van der Waals surface area contributed by atoms with Crippen LogP contribution in [0.5, 0.6) is 0 Å². The van der Waals surface area contributed by atoms with Crippen molar-refractivity contribution in [1.82, 2.24) is 0 Å². The topological polar surface area (TPSA) is 54.1 Å². The highest BCUT2D eigenvalue weighted by molar-refractivity contribution is 6.28. The molecule has 0 aliphatic heterocycles. The van der Waals surface area contributed by atoms with E-state index in [1.165, 1.54) is 24.3 Å². The van der Waals surface area contributed by atoms with E-state index >= 15 is 17.6 Å². The Morgan fingerprint density at radius 3 is 0.919 bits per heavy atom. The summed E-state index contributed by atoms with van der Waals surface area (Å²) in [5, 5.41) is 26.7. The molecule has 350 valence electrons. The van der Waals surface area contributed by atoms with E-state index in [0.29, 0.717) is 89.8 Å². The van der Waals surface area contributed by atoms with Crippen LogP contribution in [-0.2, 0) is 0 Å². The van der Waals surface area contributed by atoms with Crippen LogP contribution < -0.4 is 9.80 Å². The summed E-state index contributed by atoms with van der Waals surface area (Å²) in [6.45, 7) is 0. The lowest BCUT2D eigenvalue weighted by Gasteiger charge is -2.31. The van der Waals surface area contributed by atoms with Gasteiger partial charge in [-0.15, -0.1) is 0 Å². The fourth-order valence-corrected chi connectivity index (χ4v) is 10.4. The summed E-state index contributed by atoms with van der Waals surface area (Å²) >= 11 is 0. The van der Waals surface area contributed by atoms with Gasteiger partial charge in [0.1, 0.15) is 35.4 Å². The van der Waals surface area contributed by atoms with Crippen molar-refractivity contribution in [2.75, 3.05) is 9.80 Å². The molecule has 0 bridgehead atoms. The predicted molar refractivity (Wildman–Crippen MR) is 291 cm³/mol. The van der Waals surface area contributed by atoms with Gasteiger partial charge in [0.2, 0.25) is 0 Å². The van der Waals surface area contributed by atoms with Crippen LogP contribution in [0, 0.1) is 45.9 Å². The Morgan fingerprint density at radius 1 is 0.297 bits per heavy atom. The van der Waals surface area contributed by atoms with Crippen LogP contribution in [0.25, 0.3) is 76.8 Å². The molecule has 0 atom stereocenters. The first-order valence-corrected chi connectivity index (χ1v) is 23.9. The van der Waals surface area contributed by atoms with Gasteiger partial charge in [-0.2, -0.15) is 10.5 Å². The number of rotatable bonds is 10. The van der Waals surface area contributed by atoms with Gasteiger partial charge in [0.15, 0.2) is 0 Å². The van der Waals surface area contributed by atoms with E-state index in [-0.39, 0.29) is 0 Å². The monoisotopic (exact) mass is 962 g/mol. The van der Waals surface area contributed by atoms with Gasteiger partial charge >= 0.3 is 0 Å². The van der Waals surface area contributed by atoms with E-state index in [0.717, 1.165) is 32.3 Å². The minimum Gasteiger partial charge on any atom is -0.308 e. The Hall–Kier alpha value is -10.0. The second-order valence-electron chi connectivity index (χ2n) is 18.0. The summed E-state index contributed by atoms with van der Waals surface area (Å²) in [6, 6.07) is 72.5. The molecule has 0 radical (unpaired) electrons. The molecule has 0 spiro atoms. The van der Waals surface area contributed by atoms with Crippen molar-refractivity contribution < 1.29 is 17.6 Å². The zero-order valence-electron chi connectivity index (χ0n) is 39.2. The molecular weight excluding hydrogens is 925 g/mol. The van der Waals surface area contributed by atoms with Gasteiger partial charge in [-0.05, 0) is 141 Å². The normalized spacial score (nSPS) is 11.2. The summed E-state index contributed by atoms with van der Waals surface area (Å²) in [5.41, 5.74) is 7.71. The van der Waals surface area contributed by atoms with Crippen molar-refractivity contribution in [3.63, 3.8) is 0 Å². The van der Waals surface area contributed by atoms with Crippen molar-refractivity contribution in [3.8, 4) is 56.6 Å². The van der Waals surface area contributed by atoms with E-state index in [4.69, 9.17) is 0 Å². The molecule has 74 heavy (non-hydrogen) atoms. The van der Waals surface area contributed by atoms with E-state index in [9.17, 15) is 10.5 Å². The molecule has 0 N–H and O–H groups in total. The molecule has 0 heterocycles. The largest absolute Gasteiger partial charge is 0.308 e. The average molecular weight is 963 g/mol. The number of nitriles is 2. The van der Waals surface area contributed by atoms with Crippen LogP contribution in [0.2, 0.25) is 0 Å². The molecular formula is C66H38F4N4. The van der Waals surface area contributed by atoms with E-state index < -0.39 is 23.3 Å². The fourth-order valence-electron chi connectivity index (χ4n) is 10.4. The third kappa shape index (κ3) is 7.79. The Bertz CT molecular complexity index is 3860. The third-order valence-corrected chi connectivity index (χ3v) is 13.7. The summed E-state index contributed by atoms with van der Waals surface area (Å²) in [5.74, 6) is -1.78. The number of hydrogen-bond acceptors (Lipinski definition) is 4. The minimum absolute atomic E-state index is 0.325. The zero-order chi connectivity index (χ0) is 50.5. The maximum absolute atomic E-state index is 15.8. The molecule has 0 aliphatic rings. The molecule has 4 nitrogen and oxygen atoms in total. The van der Waals surface area contributed by atoms with Gasteiger partial charge in [-0.25, -0.2) is 17.6 Å². The zero-order valence-corrected chi connectivity index (χ0v) is 39.2. The van der Waals surface area contributed by atoms with Gasteiger partial charge in [0, 0.05) is 44.4 Å². The first kappa shape index (κ1) is 45.1. The molecule has 0 aromatic heterocycles. The quantitative estimate of drug-likeness (QED) is 0.101. The summed E-state index contributed by atoms with van der Waals surface area (Å²) in [4.78, 5) is 3.96. The number of benzene rings is 12. The van der Waals surface area contributed by atoms with Crippen molar-refractivity contribution in [2.24, 2.45) is 0 Å². The summed E-state index contributed by atoms with van der Waals surface area (Å²) in [6.07, 6.45) is 0. The number of para-hydroxylation sites is 2. The summed E-state index contributed by atoms with van der Waals surface area (Å²) < 4.78 is 63.3. The molecule has 0 fully saturated rings. The molecule has 12 aromatic carbocycles. The molecule has 0 saturated carbocycles. The number of halogens is 4. The first-order chi connectivity index (χ1) is 36.3. The second kappa shape index (κ2) is 18.6. The highest BCUT2D eigenvalue weighted by Crippen LogP contribution is 2.50. The van der Waals surface area contributed by atoms with Crippen LogP contribution in [0.4, 0.5) is 51.7 Å². The van der Waals surface area contributed by atoms with Crippen molar-refractivity contribution >= 4 is 66.4 Å². The van der Waals surface area contributed by atoms with Gasteiger partial charge in [0.25, 0.3) is 0 Å². The smallest absolute Gasteiger partial charge is 0.131 e. The predicted octanol–water partition coefficient (Wildman–Crippen LogP) is 18.5. The highest BCUT2D eigenvalue weighted by Gasteiger charge is 2.26. The number of hydrogen-bond donors (Lipinski definition) is 0. The lowest BCUT2D eigenvalue weighted by molar-refractivity contribution is 0.630. The summed E-state index contributed by atoms with van der Waals surface area (Å²) in [7, 11) is 0. The van der Waals surface area contributed by atoms with Gasteiger partial charge in [-0.1, -0.05) is 133 Å². The molecule has 12 aromatic rings. The van der Waals surface area contributed by atoms with E-state index in [1.807, 2.05) is 82.6 Å². The Kier molecular flexibility index (Phi) is 11.4. The van der Waals surface area contributed by atoms with Crippen molar-refractivity contribution in [1.29, 1.82) is 10.5 Å². The molecule has 0 amide bonds. The molecule has 0 aliphatic carbocycles. The fraction of sp³-hybridized carbons (Fsp3) is 0. The third-order valence-electron chi connectivity index (χ3n) is 13.7. The van der Waals surface area contributed by atoms with Crippen LogP contribution in [0.15, 0.2) is 231 Å². The molecule has 8 heteroatoms. The highest BCUT2D eigenvalue weighted by atomic mass is 19.1. The molecule has 12 rings (SSSR count). The number of anilines is 6. The molecule has 0 unspecified atom stereocenters. The van der Waals surface area contributed by atoms with E-state index in [1.54, 1.807) is 109 Å². The maximum Gasteiger partial charge on any atom is 0.131 e. The standard InChI is InChI=1S/C66H38F4N4/c67-57-19-7-3-15-51(57)45-33-46(52-16-4-8-20-58(52)68)36-49(35-45)73(61-23-11-1-13-43(61)39-71)63-31-27-41-26-30-56-64(32-28-42-25-29-55(63)65(41)66(42)56)74(62-24-12-2-14-44(62)40-72)50-37-47(53-17-5-9-21-59(53)69)34-48(38-50)54-18-6-10-22-60(54)70/h1-38H. The maximum atomic E-state index is 15.8. The second-order valence-corrected chi connectivity index (χ2v) is 18.0. The van der Waals surface area contributed by atoms with Crippen LogP contribution >= 0.6 is 0 Å². The average Bonchev–Trinajstić information content (AvgIpc) is 3.44. The number of nitrogens with zero attached hydrogens (tertiary/aromatic N) is 4. The minimum atomic E-state index is -0.444. The van der Waals surface area contributed by atoms with Crippen molar-refractivity contribution in [3.05, 3.63) is 265 Å². The Morgan fingerprint density at radius 2 is 0.595 bits per heavy atom. The molecule has 0 saturated heterocycles.